The van der Waals surface area contributed by atoms with Gasteiger partial charge in [0.1, 0.15) is 0 Å². The lowest BCUT2D eigenvalue weighted by Gasteiger charge is -2.34. The first kappa shape index (κ1) is 13.7. The molecule has 0 aromatic heterocycles. The van der Waals surface area contributed by atoms with Crippen molar-refractivity contribution >= 4 is 5.91 Å². The predicted molar refractivity (Wildman–Crippen MR) is 70.0 cm³/mol. The van der Waals surface area contributed by atoms with E-state index in [9.17, 15) is 15.0 Å². The Bertz CT molecular complexity index is 435. The van der Waals surface area contributed by atoms with Gasteiger partial charge in [-0.3, -0.25) is 4.79 Å². The fraction of sp³-hybridized carbons (Fsp3) is 0.500. The zero-order valence-corrected chi connectivity index (χ0v) is 10.8. The highest BCUT2D eigenvalue weighted by Gasteiger charge is 2.26. The Hall–Kier alpha value is -1.75. The van der Waals surface area contributed by atoms with Crippen LogP contribution in [0.2, 0.25) is 0 Å². The minimum absolute atomic E-state index is 0.0116. The molecule has 1 aliphatic heterocycles. The van der Waals surface area contributed by atoms with Gasteiger partial charge in [0.25, 0.3) is 5.91 Å². The van der Waals surface area contributed by atoms with Gasteiger partial charge in [-0.05, 0) is 31.4 Å². The normalized spacial score (nSPS) is 19.2. The summed E-state index contributed by atoms with van der Waals surface area (Å²) in [4.78, 5) is 13.7. The van der Waals surface area contributed by atoms with E-state index in [0.717, 1.165) is 19.3 Å². The third kappa shape index (κ3) is 3.38. The van der Waals surface area contributed by atoms with E-state index in [0.29, 0.717) is 12.3 Å². The van der Waals surface area contributed by atoms with Gasteiger partial charge < -0.3 is 19.8 Å². The molecule has 0 saturated carbocycles. The Morgan fingerprint density at radius 3 is 2.89 bits per heavy atom. The number of aliphatic hydroxyl groups is 1. The number of aliphatic hydroxyl groups excluding tert-OH is 1. The Balaban J connectivity index is 1.92. The van der Waals surface area contributed by atoms with Gasteiger partial charge in [-0.25, -0.2) is 0 Å². The van der Waals surface area contributed by atoms with E-state index in [1.54, 1.807) is 23.1 Å². The molecule has 1 atom stereocenters. The maximum Gasteiger partial charge on any atom is 0.260 e. The fourth-order valence-corrected chi connectivity index (χ4v) is 2.32. The van der Waals surface area contributed by atoms with E-state index >= 15 is 0 Å². The first-order valence-corrected chi connectivity index (χ1v) is 6.53. The maximum absolute atomic E-state index is 12.1. The van der Waals surface area contributed by atoms with Crippen LogP contribution in [-0.4, -0.2) is 46.8 Å². The number of carbonyl (C=O) groups is 1. The summed E-state index contributed by atoms with van der Waals surface area (Å²) in [5, 5.41) is 18.8. The number of aromatic hydroxyl groups is 1. The molecule has 1 aromatic rings. The van der Waals surface area contributed by atoms with Gasteiger partial charge in [0.15, 0.2) is 18.1 Å². The van der Waals surface area contributed by atoms with Crippen molar-refractivity contribution < 1.29 is 19.7 Å². The van der Waals surface area contributed by atoms with Crippen LogP contribution in [0.5, 0.6) is 11.5 Å². The highest BCUT2D eigenvalue weighted by molar-refractivity contribution is 5.78. The van der Waals surface area contributed by atoms with Crippen molar-refractivity contribution in [3.05, 3.63) is 24.3 Å². The van der Waals surface area contributed by atoms with E-state index in [1.165, 1.54) is 6.07 Å². The highest BCUT2D eigenvalue weighted by Crippen LogP contribution is 2.24. The first-order chi connectivity index (χ1) is 9.22. The monoisotopic (exact) mass is 265 g/mol. The lowest BCUT2D eigenvalue weighted by atomic mass is 10.0. The number of para-hydroxylation sites is 2. The number of amides is 1. The summed E-state index contributed by atoms with van der Waals surface area (Å²) in [6.45, 7) is 0.532. The Labute approximate surface area is 112 Å². The van der Waals surface area contributed by atoms with Crippen molar-refractivity contribution in [2.24, 2.45) is 0 Å². The third-order valence-electron chi connectivity index (χ3n) is 3.37. The second-order valence-corrected chi connectivity index (χ2v) is 4.68. The predicted octanol–water partition coefficient (Wildman–Crippen LogP) is 1.14. The molecule has 1 aliphatic rings. The molecule has 5 heteroatoms. The molecule has 1 aromatic carbocycles. The fourth-order valence-electron chi connectivity index (χ4n) is 2.32. The molecule has 1 saturated heterocycles. The van der Waals surface area contributed by atoms with Crippen molar-refractivity contribution in [3.63, 3.8) is 0 Å². The standard InChI is InChI=1S/C14H19NO4/c16-9-11-5-3-4-8-15(11)14(18)10-19-13-7-2-1-6-12(13)17/h1-2,6-7,11,16-17H,3-5,8-10H2. The number of phenolic OH excluding ortho intramolecular Hbond substituents is 1. The zero-order chi connectivity index (χ0) is 13.7. The summed E-state index contributed by atoms with van der Waals surface area (Å²) in [7, 11) is 0. The largest absolute Gasteiger partial charge is 0.504 e. The summed E-state index contributed by atoms with van der Waals surface area (Å²) in [5.41, 5.74) is 0. The van der Waals surface area contributed by atoms with Crippen LogP contribution in [0, 0.1) is 0 Å². The summed E-state index contributed by atoms with van der Waals surface area (Å²) in [6, 6.07) is 6.45. The van der Waals surface area contributed by atoms with Crippen LogP contribution in [-0.2, 0) is 4.79 Å². The van der Waals surface area contributed by atoms with Crippen molar-refractivity contribution in [1.82, 2.24) is 4.90 Å². The van der Waals surface area contributed by atoms with Gasteiger partial charge in [0.05, 0.1) is 12.6 Å². The van der Waals surface area contributed by atoms with Crippen LogP contribution in [0.1, 0.15) is 19.3 Å². The van der Waals surface area contributed by atoms with Gasteiger partial charge in [-0.1, -0.05) is 12.1 Å². The van der Waals surface area contributed by atoms with Crippen LogP contribution in [0.25, 0.3) is 0 Å². The summed E-state index contributed by atoms with van der Waals surface area (Å²) >= 11 is 0. The number of phenols is 1. The van der Waals surface area contributed by atoms with Crippen LogP contribution in [0.15, 0.2) is 24.3 Å². The van der Waals surface area contributed by atoms with Crippen LogP contribution in [0.3, 0.4) is 0 Å². The number of ether oxygens (including phenoxy) is 1. The third-order valence-corrected chi connectivity index (χ3v) is 3.37. The quantitative estimate of drug-likeness (QED) is 0.856. The van der Waals surface area contributed by atoms with Gasteiger partial charge in [0, 0.05) is 6.54 Å². The number of rotatable bonds is 4. The lowest BCUT2D eigenvalue weighted by Crippen LogP contribution is -2.47. The van der Waals surface area contributed by atoms with E-state index in [1.807, 2.05) is 0 Å². The van der Waals surface area contributed by atoms with Crippen LogP contribution >= 0.6 is 0 Å². The van der Waals surface area contributed by atoms with Crippen molar-refractivity contribution in [2.75, 3.05) is 19.8 Å². The summed E-state index contributed by atoms with van der Waals surface area (Å²) < 4.78 is 5.32. The Kier molecular flexibility index (Phi) is 4.63. The first-order valence-electron chi connectivity index (χ1n) is 6.53. The number of hydrogen-bond donors (Lipinski definition) is 2. The Morgan fingerprint density at radius 2 is 2.16 bits per heavy atom. The molecule has 0 radical (unpaired) electrons. The number of carbonyl (C=O) groups excluding carboxylic acids is 1. The molecule has 5 nitrogen and oxygen atoms in total. The molecular weight excluding hydrogens is 246 g/mol. The number of piperidine rings is 1. The molecule has 1 heterocycles. The van der Waals surface area contributed by atoms with Crippen LogP contribution in [0.4, 0.5) is 0 Å². The summed E-state index contributed by atoms with van der Waals surface area (Å²) in [5.74, 6) is 0.170. The minimum atomic E-state index is -0.151. The molecule has 0 bridgehead atoms. The number of hydrogen-bond acceptors (Lipinski definition) is 4. The van der Waals surface area contributed by atoms with Gasteiger partial charge >= 0.3 is 0 Å². The van der Waals surface area contributed by atoms with Crippen molar-refractivity contribution in [3.8, 4) is 11.5 Å². The van der Waals surface area contributed by atoms with E-state index < -0.39 is 0 Å². The van der Waals surface area contributed by atoms with Crippen LogP contribution < -0.4 is 4.74 Å². The molecular formula is C14H19NO4. The van der Waals surface area contributed by atoms with Gasteiger partial charge in [-0.15, -0.1) is 0 Å². The minimum Gasteiger partial charge on any atom is -0.504 e. The molecule has 104 valence electrons. The smallest absolute Gasteiger partial charge is 0.260 e. The highest BCUT2D eigenvalue weighted by atomic mass is 16.5. The Morgan fingerprint density at radius 1 is 1.37 bits per heavy atom. The molecule has 1 amide bonds. The number of nitrogens with zero attached hydrogens (tertiary/aromatic N) is 1. The van der Waals surface area contributed by atoms with Crippen molar-refractivity contribution in [2.45, 2.75) is 25.3 Å². The lowest BCUT2D eigenvalue weighted by molar-refractivity contribution is -0.138. The molecule has 1 fully saturated rings. The van der Waals surface area contributed by atoms with E-state index in [4.69, 9.17) is 4.74 Å². The average molecular weight is 265 g/mol. The second kappa shape index (κ2) is 6.43. The molecule has 0 aliphatic carbocycles. The van der Waals surface area contributed by atoms with Gasteiger partial charge in [0.2, 0.25) is 0 Å². The molecule has 19 heavy (non-hydrogen) atoms. The number of benzene rings is 1. The SMILES string of the molecule is O=C(COc1ccccc1O)N1CCCCC1CO. The molecule has 2 N–H and O–H groups in total. The maximum atomic E-state index is 12.1. The van der Waals surface area contributed by atoms with Gasteiger partial charge in [-0.2, -0.15) is 0 Å². The molecule has 2 rings (SSSR count). The average Bonchev–Trinajstić information content (AvgIpc) is 2.46. The molecule has 1 unspecified atom stereocenters. The second-order valence-electron chi connectivity index (χ2n) is 4.68. The van der Waals surface area contributed by atoms with E-state index in [-0.39, 0.29) is 30.9 Å². The summed E-state index contributed by atoms with van der Waals surface area (Å²) in [6.07, 6.45) is 2.83. The molecule has 0 spiro atoms. The van der Waals surface area contributed by atoms with Crippen molar-refractivity contribution in [1.29, 1.82) is 0 Å². The van der Waals surface area contributed by atoms with E-state index in [2.05, 4.69) is 0 Å². The number of likely N-dealkylation sites (tertiary alicyclic amines) is 1. The zero-order valence-electron chi connectivity index (χ0n) is 10.8. The topological polar surface area (TPSA) is 70.0 Å².